The molecule has 3 N–H and O–H groups in total. The predicted octanol–water partition coefficient (Wildman–Crippen LogP) is 3.41. The van der Waals surface area contributed by atoms with Crippen molar-refractivity contribution in [2.24, 2.45) is 5.73 Å². The van der Waals surface area contributed by atoms with E-state index in [0.717, 1.165) is 28.2 Å². The Balaban J connectivity index is 1.77. The monoisotopic (exact) mass is 362 g/mol. The zero-order valence-electron chi connectivity index (χ0n) is 14.9. The van der Waals surface area contributed by atoms with Gasteiger partial charge in [-0.1, -0.05) is 12.1 Å². The Morgan fingerprint density at radius 1 is 1.11 bits per heavy atom. The zero-order valence-corrected chi connectivity index (χ0v) is 14.9. The van der Waals surface area contributed by atoms with Gasteiger partial charge < -0.3 is 5.73 Å². The van der Waals surface area contributed by atoms with Crippen LogP contribution in [-0.4, -0.2) is 31.5 Å². The van der Waals surface area contributed by atoms with Gasteiger partial charge >= 0.3 is 0 Å². The summed E-state index contributed by atoms with van der Waals surface area (Å²) in [4.78, 5) is 4.55. The van der Waals surface area contributed by atoms with E-state index in [1.807, 2.05) is 31.2 Å². The molecule has 0 radical (unpaired) electrons. The number of aryl methyl sites for hydroxylation is 1. The van der Waals surface area contributed by atoms with Gasteiger partial charge in [0, 0.05) is 35.1 Å². The molecular weight excluding hydrogens is 343 g/mol. The predicted molar refractivity (Wildman–Crippen MR) is 102 cm³/mol. The molecule has 0 amide bonds. The third-order valence-electron chi connectivity index (χ3n) is 4.36. The SMILES string of the molecule is Cc1cccc(-c2[nH]ncc2-c2ccc(F)c(-c3cnn(CCN)c3)c2)n1. The summed E-state index contributed by atoms with van der Waals surface area (Å²) in [7, 11) is 0. The van der Waals surface area contributed by atoms with Crippen LogP contribution in [0.5, 0.6) is 0 Å². The van der Waals surface area contributed by atoms with E-state index in [1.165, 1.54) is 6.07 Å². The fourth-order valence-electron chi connectivity index (χ4n) is 3.05. The van der Waals surface area contributed by atoms with E-state index < -0.39 is 0 Å². The molecule has 0 bridgehead atoms. The second-order valence-corrected chi connectivity index (χ2v) is 6.30. The molecule has 1 aromatic carbocycles. The second-order valence-electron chi connectivity index (χ2n) is 6.30. The maximum absolute atomic E-state index is 14.5. The molecule has 4 aromatic rings. The van der Waals surface area contributed by atoms with Crippen LogP contribution in [0.15, 0.2) is 55.0 Å². The Morgan fingerprint density at radius 2 is 2.00 bits per heavy atom. The molecule has 0 aliphatic heterocycles. The molecule has 0 unspecified atom stereocenters. The highest BCUT2D eigenvalue weighted by Gasteiger charge is 2.15. The Bertz CT molecular complexity index is 1080. The average molecular weight is 362 g/mol. The van der Waals surface area contributed by atoms with E-state index in [-0.39, 0.29) is 5.82 Å². The first-order valence-electron chi connectivity index (χ1n) is 8.66. The molecule has 0 saturated heterocycles. The highest BCUT2D eigenvalue weighted by molar-refractivity contribution is 5.81. The van der Waals surface area contributed by atoms with Gasteiger partial charge in [0.2, 0.25) is 0 Å². The molecule has 27 heavy (non-hydrogen) atoms. The Kier molecular flexibility index (Phi) is 4.52. The Hall–Kier alpha value is -3.32. The highest BCUT2D eigenvalue weighted by atomic mass is 19.1. The minimum absolute atomic E-state index is 0.301. The zero-order chi connectivity index (χ0) is 18.8. The van der Waals surface area contributed by atoms with Crippen LogP contribution in [0, 0.1) is 12.7 Å². The molecule has 0 aliphatic carbocycles. The quantitative estimate of drug-likeness (QED) is 0.570. The third kappa shape index (κ3) is 3.37. The summed E-state index contributed by atoms with van der Waals surface area (Å²) >= 11 is 0. The first kappa shape index (κ1) is 17.1. The molecule has 0 spiro atoms. The maximum Gasteiger partial charge on any atom is 0.131 e. The maximum atomic E-state index is 14.5. The summed E-state index contributed by atoms with van der Waals surface area (Å²) in [6.45, 7) is 3.01. The van der Waals surface area contributed by atoms with Crippen molar-refractivity contribution in [2.75, 3.05) is 6.54 Å². The van der Waals surface area contributed by atoms with E-state index in [1.54, 1.807) is 29.3 Å². The smallest absolute Gasteiger partial charge is 0.131 e. The lowest BCUT2D eigenvalue weighted by Gasteiger charge is -2.07. The highest BCUT2D eigenvalue weighted by Crippen LogP contribution is 2.33. The van der Waals surface area contributed by atoms with Crippen LogP contribution >= 0.6 is 0 Å². The van der Waals surface area contributed by atoms with Crippen molar-refractivity contribution in [1.82, 2.24) is 25.0 Å². The van der Waals surface area contributed by atoms with Crippen LogP contribution in [0.2, 0.25) is 0 Å². The van der Waals surface area contributed by atoms with Crippen molar-refractivity contribution < 1.29 is 4.39 Å². The molecule has 7 heteroatoms. The van der Waals surface area contributed by atoms with Crippen molar-refractivity contribution in [3.8, 4) is 33.6 Å². The van der Waals surface area contributed by atoms with Gasteiger partial charge in [0.1, 0.15) is 5.82 Å². The second kappa shape index (κ2) is 7.13. The number of hydrogen-bond donors (Lipinski definition) is 2. The molecule has 3 heterocycles. The standard InChI is InChI=1S/C20H19FN6/c1-13-3-2-4-19(25-13)20-17(11-23-26-20)14-5-6-18(21)16(9-14)15-10-24-27(12-15)8-7-22/h2-6,9-12H,7-8,22H2,1H3,(H,23,26). The van der Waals surface area contributed by atoms with Crippen molar-refractivity contribution in [3.63, 3.8) is 0 Å². The number of nitrogens with zero attached hydrogens (tertiary/aromatic N) is 4. The molecule has 0 fully saturated rings. The number of aromatic amines is 1. The van der Waals surface area contributed by atoms with E-state index in [2.05, 4.69) is 20.3 Å². The van der Waals surface area contributed by atoms with Crippen LogP contribution in [0.3, 0.4) is 0 Å². The first-order chi connectivity index (χ1) is 13.2. The summed E-state index contributed by atoms with van der Waals surface area (Å²) in [5.41, 5.74) is 11.0. The van der Waals surface area contributed by atoms with Gasteiger partial charge in [0.15, 0.2) is 0 Å². The number of nitrogens with one attached hydrogen (secondary N) is 1. The minimum atomic E-state index is -0.301. The van der Waals surface area contributed by atoms with E-state index in [4.69, 9.17) is 5.73 Å². The minimum Gasteiger partial charge on any atom is -0.329 e. The summed E-state index contributed by atoms with van der Waals surface area (Å²) in [6, 6.07) is 10.8. The van der Waals surface area contributed by atoms with Gasteiger partial charge in [-0.25, -0.2) is 4.39 Å². The molecular formula is C20H19FN6. The van der Waals surface area contributed by atoms with Crippen molar-refractivity contribution >= 4 is 0 Å². The number of H-pyrrole nitrogens is 1. The fourth-order valence-corrected chi connectivity index (χ4v) is 3.05. The number of hydrogen-bond acceptors (Lipinski definition) is 4. The molecule has 0 saturated carbocycles. The van der Waals surface area contributed by atoms with Crippen LogP contribution in [0.4, 0.5) is 4.39 Å². The number of benzene rings is 1. The van der Waals surface area contributed by atoms with Crippen LogP contribution < -0.4 is 5.73 Å². The van der Waals surface area contributed by atoms with E-state index >= 15 is 0 Å². The van der Waals surface area contributed by atoms with Crippen molar-refractivity contribution in [3.05, 3.63) is 66.5 Å². The molecule has 136 valence electrons. The fraction of sp³-hybridized carbons (Fsp3) is 0.150. The molecule has 4 rings (SSSR count). The molecule has 3 aromatic heterocycles. The van der Waals surface area contributed by atoms with Gasteiger partial charge in [0.05, 0.1) is 30.3 Å². The van der Waals surface area contributed by atoms with Crippen molar-refractivity contribution in [1.29, 1.82) is 0 Å². The molecule has 6 nitrogen and oxygen atoms in total. The van der Waals surface area contributed by atoms with Crippen molar-refractivity contribution in [2.45, 2.75) is 13.5 Å². The molecule has 0 atom stereocenters. The number of pyridine rings is 1. The summed E-state index contributed by atoms with van der Waals surface area (Å²) in [5.74, 6) is -0.301. The van der Waals surface area contributed by atoms with E-state index in [9.17, 15) is 4.39 Å². The first-order valence-corrected chi connectivity index (χ1v) is 8.66. The number of halogens is 1. The number of aromatic nitrogens is 5. The normalized spacial score (nSPS) is 11.1. The Labute approximate surface area is 155 Å². The van der Waals surface area contributed by atoms with Crippen LogP contribution in [0.25, 0.3) is 33.6 Å². The van der Waals surface area contributed by atoms with Gasteiger partial charge in [-0.3, -0.25) is 14.8 Å². The van der Waals surface area contributed by atoms with Crippen LogP contribution in [-0.2, 0) is 6.54 Å². The summed E-state index contributed by atoms with van der Waals surface area (Å²) in [5, 5.41) is 11.4. The summed E-state index contributed by atoms with van der Waals surface area (Å²) < 4.78 is 16.2. The van der Waals surface area contributed by atoms with Gasteiger partial charge in [-0.2, -0.15) is 10.2 Å². The molecule has 0 aliphatic rings. The largest absolute Gasteiger partial charge is 0.329 e. The Morgan fingerprint density at radius 3 is 2.81 bits per heavy atom. The lowest BCUT2D eigenvalue weighted by atomic mass is 9.99. The summed E-state index contributed by atoms with van der Waals surface area (Å²) in [6.07, 6.45) is 5.18. The third-order valence-corrected chi connectivity index (χ3v) is 4.36. The van der Waals surface area contributed by atoms with Crippen LogP contribution in [0.1, 0.15) is 5.69 Å². The van der Waals surface area contributed by atoms with Gasteiger partial charge in [0.25, 0.3) is 0 Å². The number of rotatable bonds is 5. The topological polar surface area (TPSA) is 85.4 Å². The lowest BCUT2D eigenvalue weighted by Crippen LogP contribution is -2.09. The average Bonchev–Trinajstić information content (AvgIpc) is 3.32. The van der Waals surface area contributed by atoms with Gasteiger partial charge in [-0.05, 0) is 36.8 Å². The van der Waals surface area contributed by atoms with E-state index in [0.29, 0.717) is 24.2 Å². The van der Waals surface area contributed by atoms with Gasteiger partial charge in [-0.15, -0.1) is 0 Å². The number of nitrogens with two attached hydrogens (primary N) is 1. The lowest BCUT2D eigenvalue weighted by molar-refractivity contribution is 0.624.